The number of thiophene rings is 1. The molecule has 0 bridgehead atoms. The molecule has 0 spiro atoms. The minimum Gasteiger partial charge on any atom is -0.344 e. The molecule has 38 heavy (non-hydrogen) atoms. The number of hydrogen-bond acceptors (Lipinski definition) is 1. The van der Waals surface area contributed by atoms with E-state index in [0.717, 1.165) is 0 Å². The van der Waals surface area contributed by atoms with Gasteiger partial charge in [-0.25, -0.2) is 0 Å². The van der Waals surface area contributed by atoms with Gasteiger partial charge in [-0.3, -0.25) is 0 Å². The lowest BCUT2D eigenvalue weighted by Crippen LogP contribution is -1.89. The Kier molecular flexibility index (Phi) is 3.31. The molecule has 4 aromatic heterocycles. The molecule has 6 aromatic carbocycles. The predicted octanol–water partition coefficient (Wildman–Crippen LogP) is 10.0. The number of rotatable bonds is 0. The van der Waals surface area contributed by atoms with Crippen molar-refractivity contribution in [2.45, 2.75) is 0 Å². The van der Waals surface area contributed by atoms with Crippen LogP contribution in [0, 0.1) is 0 Å². The van der Waals surface area contributed by atoms with Crippen LogP contribution in [0.4, 0.5) is 0 Å². The van der Waals surface area contributed by atoms with Gasteiger partial charge in [0, 0.05) is 55.0 Å². The average Bonchev–Trinajstić information content (AvgIpc) is 3.56. The van der Waals surface area contributed by atoms with Crippen LogP contribution < -0.4 is 0 Å². The number of aryl methyl sites for hydroxylation is 1. The van der Waals surface area contributed by atoms with Gasteiger partial charge >= 0.3 is 0 Å². The maximum Gasteiger partial charge on any atom is 0.0720 e. The molecular weight excluding hydrogens is 480 g/mol. The monoisotopic (exact) mass is 500 g/mol. The molecule has 0 aliphatic heterocycles. The van der Waals surface area contributed by atoms with Crippen LogP contribution in [-0.4, -0.2) is 8.97 Å². The fourth-order valence-corrected chi connectivity index (χ4v) is 8.52. The largest absolute Gasteiger partial charge is 0.344 e. The van der Waals surface area contributed by atoms with Crippen LogP contribution in [0.1, 0.15) is 0 Å². The SMILES string of the molecule is Cn1c2cccc3c2c2c1cccc2n1c2c(ccc4c5ccccc5sc42)c2cc4ccccc4c3c21. The zero-order valence-corrected chi connectivity index (χ0v) is 21.4. The molecule has 0 amide bonds. The van der Waals surface area contributed by atoms with Crippen molar-refractivity contribution in [3.63, 3.8) is 0 Å². The van der Waals surface area contributed by atoms with Crippen molar-refractivity contribution < 1.29 is 0 Å². The maximum atomic E-state index is 2.60. The van der Waals surface area contributed by atoms with Gasteiger partial charge in [0.05, 0.1) is 26.8 Å². The molecular formula is C35H20N2S. The zero-order valence-electron chi connectivity index (χ0n) is 20.6. The topological polar surface area (TPSA) is 9.34 Å². The summed E-state index contributed by atoms with van der Waals surface area (Å²) in [4.78, 5) is 0. The molecule has 0 aliphatic carbocycles. The summed E-state index contributed by atoms with van der Waals surface area (Å²) in [6, 6.07) is 38.5. The van der Waals surface area contributed by atoms with Crippen molar-refractivity contribution >= 4 is 102 Å². The van der Waals surface area contributed by atoms with Crippen LogP contribution in [0.25, 0.3) is 90.8 Å². The van der Waals surface area contributed by atoms with Gasteiger partial charge in [0.2, 0.25) is 0 Å². The van der Waals surface area contributed by atoms with Crippen LogP contribution in [0.5, 0.6) is 0 Å². The summed E-state index contributed by atoms with van der Waals surface area (Å²) in [5, 5.41) is 13.3. The summed E-state index contributed by atoms with van der Waals surface area (Å²) in [6.45, 7) is 0. The van der Waals surface area contributed by atoms with E-state index in [1.807, 2.05) is 11.3 Å². The minimum atomic E-state index is 1.28. The number of nitrogens with zero attached hydrogens (tertiary/aromatic N) is 2. The fourth-order valence-electron chi connectivity index (χ4n) is 7.28. The second-order valence-corrected chi connectivity index (χ2v) is 11.6. The van der Waals surface area contributed by atoms with Crippen molar-refractivity contribution in [2.24, 2.45) is 7.05 Å². The van der Waals surface area contributed by atoms with Crippen molar-refractivity contribution in [1.29, 1.82) is 0 Å². The zero-order chi connectivity index (χ0) is 24.7. The standard InChI is InChI=1S/C35H20N2S/c1-36-26-12-6-11-24-30-20-9-3-2-8-19(20)18-25-22-16-17-23-21-10-4-5-15-29(21)38-35(23)34(22)37(33(25)30)28-14-7-13-27(36)32(28)31(24)26/h2-18H,1H3. The Morgan fingerprint density at radius 2 is 1.21 bits per heavy atom. The lowest BCUT2D eigenvalue weighted by Gasteiger charge is -2.07. The van der Waals surface area contributed by atoms with Gasteiger partial charge in [-0.15, -0.1) is 11.3 Å². The third kappa shape index (κ3) is 2.07. The second-order valence-electron chi connectivity index (χ2n) is 10.6. The van der Waals surface area contributed by atoms with E-state index in [1.165, 1.54) is 90.8 Å². The van der Waals surface area contributed by atoms with Crippen LogP contribution in [0.15, 0.2) is 103 Å². The normalized spacial score (nSPS) is 12.9. The molecule has 10 rings (SSSR count). The molecule has 0 aliphatic rings. The van der Waals surface area contributed by atoms with E-state index in [1.54, 1.807) is 0 Å². The Labute approximate surface area is 220 Å². The lowest BCUT2D eigenvalue weighted by molar-refractivity contribution is 1.01. The van der Waals surface area contributed by atoms with Gasteiger partial charge in [0.1, 0.15) is 0 Å². The van der Waals surface area contributed by atoms with Crippen LogP contribution in [0.2, 0.25) is 0 Å². The number of aromatic nitrogens is 2. The molecule has 3 heteroatoms. The Hall–Kier alpha value is -4.60. The smallest absolute Gasteiger partial charge is 0.0720 e. The molecule has 0 fully saturated rings. The van der Waals surface area contributed by atoms with Gasteiger partial charge < -0.3 is 8.97 Å². The summed E-state index contributed by atoms with van der Waals surface area (Å²) in [5.41, 5.74) is 6.49. The summed E-state index contributed by atoms with van der Waals surface area (Å²) in [5.74, 6) is 0. The van der Waals surface area contributed by atoms with Crippen LogP contribution in [-0.2, 0) is 7.05 Å². The van der Waals surface area contributed by atoms with Crippen LogP contribution >= 0.6 is 11.3 Å². The van der Waals surface area contributed by atoms with Crippen molar-refractivity contribution in [1.82, 2.24) is 8.97 Å². The van der Waals surface area contributed by atoms with Gasteiger partial charge in [0.15, 0.2) is 0 Å². The van der Waals surface area contributed by atoms with Crippen molar-refractivity contribution in [2.75, 3.05) is 0 Å². The molecule has 176 valence electrons. The summed E-state index contributed by atoms with van der Waals surface area (Å²) in [7, 11) is 2.21. The molecule has 0 unspecified atom stereocenters. The number of hydrogen-bond donors (Lipinski definition) is 0. The quantitative estimate of drug-likeness (QED) is 0.196. The lowest BCUT2D eigenvalue weighted by atomic mass is 9.98. The highest BCUT2D eigenvalue weighted by molar-refractivity contribution is 7.26. The van der Waals surface area contributed by atoms with Crippen LogP contribution in [0.3, 0.4) is 0 Å². The first-order valence-electron chi connectivity index (χ1n) is 13.1. The molecule has 0 N–H and O–H groups in total. The Balaban J connectivity index is 1.70. The van der Waals surface area contributed by atoms with Gasteiger partial charge in [-0.2, -0.15) is 0 Å². The first kappa shape index (κ1) is 19.5. The molecule has 0 atom stereocenters. The van der Waals surface area contributed by atoms with Gasteiger partial charge in [-0.05, 0) is 46.5 Å². The Bertz CT molecular complexity index is 2630. The van der Waals surface area contributed by atoms with E-state index >= 15 is 0 Å². The van der Waals surface area contributed by atoms with E-state index in [0.29, 0.717) is 0 Å². The first-order chi connectivity index (χ1) is 18.8. The highest BCUT2D eigenvalue weighted by Crippen LogP contribution is 2.48. The molecule has 0 radical (unpaired) electrons. The highest BCUT2D eigenvalue weighted by Gasteiger charge is 2.23. The first-order valence-corrected chi connectivity index (χ1v) is 13.9. The van der Waals surface area contributed by atoms with E-state index in [-0.39, 0.29) is 0 Å². The van der Waals surface area contributed by atoms with Gasteiger partial charge in [0.25, 0.3) is 0 Å². The van der Waals surface area contributed by atoms with Gasteiger partial charge in [-0.1, -0.05) is 72.8 Å². The van der Waals surface area contributed by atoms with Crippen molar-refractivity contribution in [3.05, 3.63) is 103 Å². The average molecular weight is 501 g/mol. The van der Waals surface area contributed by atoms with E-state index < -0.39 is 0 Å². The number of benzene rings is 6. The Morgan fingerprint density at radius 1 is 0.500 bits per heavy atom. The molecule has 2 nitrogen and oxygen atoms in total. The fraction of sp³-hybridized carbons (Fsp3) is 0.0286. The third-order valence-electron chi connectivity index (χ3n) is 8.83. The third-order valence-corrected chi connectivity index (χ3v) is 10.0. The summed E-state index contributed by atoms with van der Waals surface area (Å²) in [6.07, 6.45) is 0. The minimum absolute atomic E-state index is 1.28. The van der Waals surface area contributed by atoms with E-state index in [4.69, 9.17) is 0 Å². The molecule has 4 heterocycles. The molecule has 0 saturated carbocycles. The maximum absolute atomic E-state index is 2.60. The predicted molar refractivity (Wildman–Crippen MR) is 165 cm³/mol. The second kappa shape index (κ2) is 6.45. The molecule has 0 saturated heterocycles. The summed E-state index contributed by atoms with van der Waals surface area (Å²) >= 11 is 1.92. The van der Waals surface area contributed by atoms with Crippen molar-refractivity contribution in [3.8, 4) is 0 Å². The van der Waals surface area contributed by atoms with E-state index in [9.17, 15) is 0 Å². The number of fused-ring (bicyclic) bond motifs is 11. The highest BCUT2D eigenvalue weighted by atomic mass is 32.1. The summed E-state index contributed by atoms with van der Waals surface area (Å²) < 4.78 is 7.68. The Morgan fingerprint density at radius 3 is 2.13 bits per heavy atom. The molecule has 10 aromatic rings. The van der Waals surface area contributed by atoms with E-state index in [2.05, 4.69) is 119 Å².